The van der Waals surface area contributed by atoms with E-state index in [1.807, 2.05) is 0 Å². The van der Waals surface area contributed by atoms with Crippen LogP contribution < -0.4 is 0 Å². The van der Waals surface area contributed by atoms with Gasteiger partial charge in [0.1, 0.15) is 12.8 Å². The molecule has 5 heteroatoms. The van der Waals surface area contributed by atoms with Gasteiger partial charge in [-0.15, -0.1) is 0 Å². The number of halogens is 1. The van der Waals surface area contributed by atoms with Gasteiger partial charge in [-0.05, 0) is 0 Å². The Morgan fingerprint density at radius 1 is 1.64 bits per heavy atom. The van der Waals surface area contributed by atoms with Gasteiger partial charge in [0.2, 0.25) is 5.79 Å². The quantitative estimate of drug-likeness (QED) is 0.481. The summed E-state index contributed by atoms with van der Waals surface area (Å²) in [4.78, 5) is 0. The van der Waals surface area contributed by atoms with Crippen molar-refractivity contribution in [3.8, 4) is 0 Å². The van der Waals surface area contributed by atoms with Gasteiger partial charge in [0.05, 0.1) is 12.7 Å². The normalized spacial score (nSPS) is 44.7. The van der Waals surface area contributed by atoms with Gasteiger partial charge in [-0.3, -0.25) is 0 Å². The number of hydrogen-bond acceptors (Lipinski definition) is 4. The first-order valence-electron chi connectivity index (χ1n) is 3.37. The number of ether oxygens (including phenoxy) is 1. The van der Waals surface area contributed by atoms with Crippen LogP contribution in [0.4, 0.5) is 4.39 Å². The molecule has 1 fully saturated rings. The number of rotatable bonds is 2. The zero-order valence-corrected chi connectivity index (χ0v) is 5.90. The predicted molar refractivity (Wildman–Crippen MR) is 33.5 cm³/mol. The minimum Gasteiger partial charge on any atom is -0.391 e. The third-order valence-corrected chi connectivity index (χ3v) is 1.78. The third kappa shape index (κ3) is 1.51. The highest BCUT2D eigenvalue weighted by molar-refractivity contribution is 4.87. The van der Waals surface area contributed by atoms with Crippen molar-refractivity contribution in [1.82, 2.24) is 0 Å². The largest absolute Gasteiger partial charge is 0.391 e. The Kier molecular flexibility index (Phi) is 2.43. The molecule has 2 unspecified atom stereocenters. The molecule has 1 heterocycles. The van der Waals surface area contributed by atoms with Gasteiger partial charge in [0, 0.05) is 6.42 Å². The van der Waals surface area contributed by atoms with Crippen LogP contribution >= 0.6 is 0 Å². The van der Waals surface area contributed by atoms with Crippen molar-refractivity contribution in [3.63, 3.8) is 0 Å². The smallest absolute Gasteiger partial charge is 0.216 e. The average molecular weight is 166 g/mol. The summed E-state index contributed by atoms with van der Waals surface area (Å²) in [6, 6.07) is 0. The average Bonchev–Trinajstić information content (AvgIpc) is 2.29. The Labute approximate surface area is 63.2 Å². The van der Waals surface area contributed by atoms with Gasteiger partial charge < -0.3 is 20.1 Å². The van der Waals surface area contributed by atoms with Crippen LogP contribution in [0, 0.1) is 0 Å². The number of aliphatic hydroxyl groups excluding tert-OH is 2. The van der Waals surface area contributed by atoms with Crippen LogP contribution in [0.2, 0.25) is 0 Å². The fourth-order valence-electron chi connectivity index (χ4n) is 1.09. The summed E-state index contributed by atoms with van der Waals surface area (Å²) < 4.78 is 16.6. The second-order valence-corrected chi connectivity index (χ2v) is 2.65. The van der Waals surface area contributed by atoms with Crippen molar-refractivity contribution >= 4 is 0 Å². The first kappa shape index (κ1) is 8.86. The van der Waals surface area contributed by atoms with Crippen LogP contribution in [0.25, 0.3) is 0 Å². The van der Waals surface area contributed by atoms with Gasteiger partial charge in [0.15, 0.2) is 0 Å². The molecule has 1 aliphatic rings. The molecule has 3 atom stereocenters. The van der Waals surface area contributed by atoms with E-state index in [9.17, 15) is 9.50 Å². The van der Waals surface area contributed by atoms with Gasteiger partial charge >= 0.3 is 0 Å². The summed E-state index contributed by atoms with van der Waals surface area (Å²) in [7, 11) is 0. The van der Waals surface area contributed by atoms with Crippen molar-refractivity contribution in [2.45, 2.75) is 24.4 Å². The van der Waals surface area contributed by atoms with E-state index in [4.69, 9.17) is 10.2 Å². The summed E-state index contributed by atoms with van der Waals surface area (Å²) in [6.45, 7) is -1.48. The maximum absolute atomic E-state index is 11.9. The first-order chi connectivity index (χ1) is 5.12. The van der Waals surface area contributed by atoms with E-state index in [0.29, 0.717) is 0 Å². The minimum absolute atomic E-state index is 0.0214. The molecule has 11 heavy (non-hydrogen) atoms. The molecule has 0 aromatic carbocycles. The highest BCUT2D eigenvalue weighted by Gasteiger charge is 2.46. The highest BCUT2D eigenvalue weighted by Crippen LogP contribution is 2.28. The molecule has 0 bridgehead atoms. The maximum atomic E-state index is 11.9. The molecular formula is C6H11FO4. The van der Waals surface area contributed by atoms with Crippen LogP contribution in [-0.2, 0) is 4.74 Å². The van der Waals surface area contributed by atoms with E-state index in [-0.39, 0.29) is 6.42 Å². The molecular weight excluding hydrogens is 155 g/mol. The van der Waals surface area contributed by atoms with E-state index in [1.54, 1.807) is 0 Å². The zero-order valence-electron chi connectivity index (χ0n) is 5.90. The summed E-state index contributed by atoms with van der Waals surface area (Å²) in [5, 5.41) is 26.8. The number of aliphatic hydroxyl groups is 3. The molecule has 0 saturated carbocycles. The SMILES string of the molecule is OCC1(O)OC(CF)C[C@@H]1O. The van der Waals surface area contributed by atoms with Crippen LogP contribution in [-0.4, -0.2) is 46.6 Å². The second-order valence-electron chi connectivity index (χ2n) is 2.65. The van der Waals surface area contributed by atoms with Crippen molar-refractivity contribution < 1.29 is 24.4 Å². The van der Waals surface area contributed by atoms with E-state index >= 15 is 0 Å². The Morgan fingerprint density at radius 3 is 2.55 bits per heavy atom. The lowest BCUT2D eigenvalue weighted by molar-refractivity contribution is -0.246. The molecule has 0 amide bonds. The Balaban J connectivity index is 2.57. The first-order valence-corrected chi connectivity index (χ1v) is 3.37. The summed E-state index contributed by atoms with van der Waals surface area (Å²) in [6.07, 6.45) is -1.98. The lowest BCUT2D eigenvalue weighted by Crippen LogP contribution is -2.42. The zero-order chi connectivity index (χ0) is 8.48. The molecule has 3 N–H and O–H groups in total. The molecule has 0 aromatic rings. The molecule has 1 saturated heterocycles. The molecule has 0 radical (unpaired) electrons. The van der Waals surface area contributed by atoms with Crippen LogP contribution in [0.5, 0.6) is 0 Å². The molecule has 66 valence electrons. The molecule has 1 rings (SSSR count). The van der Waals surface area contributed by atoms with Gasteiger partial charge in [-0.1, -0.05) is 0 Å². The molecule has 0 aliphatic carbocycles. The second kappa shape index (κ2) is 3.02. The van der Waals surface area contributed by atoms with Crippen LogP contribution in [0.1, 0.15) is 6.42 Å². The van der Waals surface area contributed by atoms with E-state index in [1.165, 1.54) is 0 Å². The maximum Gasteiger partial charge on any atom is 0.216 e. The van der Waals surface area contributed by atoms with E-state index in [0.717, 1.165) is 0 Å². The van der Waals surface area contributed by atoms with Crippen LogP contribution in [0.15, 0.2) is 0 Å². The monoisotopic (exact) mass is 166 g/mol. The molecule has 0 spiro atoms. The summed E-state index contributed by atoms with van der Waals surface area (Å²) >= 11 is 0. The lowest BCUT2D eigenvalue weighted by atomic mass is 10.1. The summed E-state index contributed by atoms with van der Waals surface area (Å²) in [5.74, 6) is -1.96. The third-order valence-electron chi connectivity index (χ3n) is 1.78. The van der Waals surface area contributed by atoms with Crippen molar-refractivity contribution in [2.24, 2.45) is 0 Å². The number of alkyl halides is 1. The fourth-order valence-corrected chi connectivity index (χ4v) is 1.09. The van der Waals surface area contributed by atoms with E-state index in [2.05, 4.69) is 4.74 Å². The predicted octanol–water partition coefficient (Wildman–Crippen LogP) is -1.21. The fraction of sp³-hybridized carbons (Fsp3) is 1.00. The molecule has 4 nitrogen and oxygen atoms in total. The molecule has 0 aromatic heterocycles. The van der Waals surface area contributed by atoms with E-state index < -0.39 is 31.3 Å². The van der Waals surface area contributed by atoms with Crippen molar-refractivity contribution in [2.75, 3.05) is 13.3 Å². The molecule has 1 aliphatic heterocycles. The Bertz CT molecular complexity index is 143. The van der Waals surface area contributed by atoms with Crippen molar-refractivity contribution in [3.05, 3.63) is 0 Å². The lowest BCUT2D eigenvalue weighted by Gasteiger charge is -2.22. The highest BCUT2D eigenvalue weighted by atomic mass is 19.1. The van der Waals surface area contributed by atoms with Gasteiger partial charge in [-0.25, -0.2) is 4.39 Å². The Morgan fingerprint density at radius 2 is 2.27 bits per heavy atom. The standard InChI is InChI=1S/C6H11FO4/c7-2-4-1-5(9)6(10,3-8)11-4/h4-5,8-10H,1-3H2/t4?,5-,6?/m0/s1. The summed E-state index contributed by atoms with van der Waals surface area (Å²) in [5.41, 5.74) is 0. The van der Waals surface area contributed by atoms with Gasteiger partial charge in [0.25, 0.3) is 0 Å². The number of hydrogen-bond donors (Lipinski definition) is 3. The topological polar surface area (TPSA) is 69.9 Å². The Hall–Kier alpha value is -0.230. The minimum atomic E-state index is -1.96. The van der Waals surface area contributed by atoms with Crippen LogP contribution in [0.3, 0.4) is 0 Å². The van der Waals surface area contributed by atoms with Gasteiger partial charge in [-0.2, -0.15) is 0 Å². The van der Waals surface area contributed by atoms with Crippen molar-refractivity contribution in [1.29, 1.82) is 0 Å².